The van der Waals surface area contributed by atoms with Crippen LogP contribution in [0.3, 0.4) is 0 Å². The average Bonchev–Trinajstić information content (AvgIpc) is 2.52. The molecule has 2 aromatic carbocycles. The quantitative estimate of drug-likeness (QED) is 0.534. The topological polar surface area (TPSA) is 41.5 Å². The summed E-state index contributed by atoms with van der Waals surface area (Å²) in [7, 11) is 0.405. The lowest BCUT2D eigenvalue weighted by molar-refractivity contribution is -0.0893. The van der Waals surface area contributed by atoms with Crippen molar-refractivity contribution in [2.45, 2.75) is 50.3 Å². The van der Waals surface area contributed by atoms with Crippen LogP contribution < -0.4 is 10.8 Å². The van der Waals surface area contributed by atoms with E-state index >= 15 is 0 Å². The molecule has 0 aliphatic heterocycles. The van der Waals surface area contributed by atoms with Gasteiger partial charge in [-0.1, -0.05) is 36.4 Å². The molecule has 0 spiro atoms. The number of hydrogen-bond donors (Lipinski definition) is 3. The van der Waals surface area contributed by atoms with E-state index < -0.39 is 11.2 Å². The van der Waals surface area contributed by atoms with Gasteiger partial charge in [-0.3, -0.25) is 0 Å². The van der Waals surface area contributed by atoms with Crippen LogP contribution in [0.4, 0.5) is 5.69 Å². The van der Waals surface area contributed by atoms with E-state index in [0.29, 0.717) is 7.48 Å². The number of rotatable bonds is 7. The predicted octanol–water partition coefficient (Wildman–Crippen LogP) is 3.13. The van der Waals surface area contributed by atoms with Gasteiger partial charge in [-0.05, 0) is 50.9 Å². The van der Waals surface area contributed by atoms with E-state index in [1.807, 2.05) is 50.2 Å². The molecule has 0 amide bonds. The van der Waals surface area contributed by atoms with E-state index in [9.17, 15) is 5.11 Å². The minimum absolute atomic E-state index is 0.405. The fourth-order valence-electron chi connectivity index (χ4n) is 2.10. The average molecular weight is 343 g/mol. The molecule has 0 heterocycles. The molecule has 0 saturated heterocycles. The smallest absolute Gasteiger partial charge is 0.311 e. The van der Waals surface area contributed by atoms with Gasteiger partial charge in [0.15, 0.2) is 0 Å². The monoisotopic (exact) mass is 343 g/mol. The second-order valence-corrected chi connectivity index (χ2v) is 7.56. The Kier molecular flexibility index (Phi) is 6.02. The number of hydrogen-bond acceptors (Lipinski definition) is 4. The number of thiol groups is 1. The standard InChI is InChI=1S/C19H26BNO2S/c1-18(2,22)19(3,4)23-20-16-12-15(24)10-11-17(16)21-13-14-8-6-5-7-9-14/h5-12,20-22,24H,13H2,1-4H3. The third kappa shape index (κ3) is 5.03. The van der Waals surface area contributed by atoms with Gasteiger partial charge in [0, 0.05) is 17.1 Å². The second-order valence-electron chi connectivity index (χ2n) is 7.04. The van der Waals surface area contributed by atoms with Gasteiger partial charge in [-0.2, -0.15) is 0 Å². The van der Waals surface area contributed by atoms with Gasteiger partial charge < -0.3 is 15.1 Å². The minimum atomic E-state index is -0.927. The normalized spacial score (nSPS) is 12.1. The maximum absolute atomic E-state index is 10.2. The van der Waals surface area contributed by atoms with Crippen LogP contribution in [0.15, 0.2) is 53.4 Å². The van der Waals surface area contributed by atoms with E-state index in [1.165, 1.54) is 5.56 Å². The lowest BCUT2D eigenvalue weighted by atomic mass is 9.81. The molecule has 0 radical (unpaired) electrons. The van der Waals surface area contributed by atoms with Crippen molar-refractivity contribution in [1.29, 1.82) is 0 Å². The molecule has 0 aliphatic rings. The number of anilines is 1. The highest BCUT2D eigenvalue weighted by Crippen LogP contribution is 2.24. The van der Waals surface area contributed by atoms with Crippen LogP contribution in [0, 0.1) is 0 Å². The summed E-state index contributed by atoms with van der Waals surface area (Å²) in [6, 6.07) is 16.2. The molecule has 0 fully saturated rings. The molecule has 0 saturated carbocycles. The van der Waals surface area contributed by atoms with Gasteiger partial charge in [0.2, 0.25) is 0 Å². The van der Waals surface area contributed by atoms with E-state index in [1.54, 1.807) is 13.8 Å². The lowest BCUT2D eigenvalue weighted by Crippen LogP contribution is -2.49. The van der Waals surface area contributed by atoms with E-state index in [4.69, 9.17) is 4.65 Å². The van der Waals surface area contributed by atoms with Gasteiger partial charge in [-0.25, -0.2) is 0 Å². The first-order valence-electron chi connectivity index (χ1n) is 8.15. The Morgan fingerprint density at radius 2 is 1.75 bits per heavy atom. The van der Waals surface area contributed by atoms with Crippen LogP contribution in [-0.4, -0.2) is 23.8 Å². The van der Waals surface area contributed by atoms with Gasteiger partial charge in [0.05, 0.1) is 11.2 Å². The first-order valence-corrected chi connectivity index (χ1v) is 8.60. The van der Waals surface area contributed by atoms with Gasteiger partial charge in [0.1, 0.15) is 0 Å². The van der Waals surface area contributed by atoms with Crippen molar-refractivity contribution in [1.82, 2.24) is 0 Å². The molecule has 2 rings (SSSR count). The molecule has 2 N–H and O–H groups in total. The summed E-state index contributed by atoms with van der Waals surface area (Å²) in [5.74, 6) is 0. The zero-order valence-corrected chi connectivity index (χ0v) is 15.7. The van der Waals surface area contributed by atoms with Crippen LogP contribution in [0.25, 0.3) is 0 Å². The molecule has 128 valence electrons. The Bertz CT molecular complexity index is 669. The van der Waals surface area contributed by atoms with Crippen molar-refractivity contribution < 1.29 is 9.76 Å². The third-order valence-corrected chi connectivity index (χ3v) is 4.75. The van der Waals surface area contributed by atoms with Crippen molar-refractivity contribution in [2.24, 2.45) is 0 Å². The molecule has 0 atom stereocenters. The molecule has 0 bridgehead atoms. The first-order chi connectivity index (χ1) is 11.2. The summed E-state index contributed by atoms with van der Waals surface area (Å²) < 4.78 is 6.00. The van der Waals surface area contributed by atoms with Crippen LogP contribution >= 0.6 is 12.6 Å². The molecule has 0 aliphatic carbocycles. The Balaban J connectivity index is 2.10. The highest BCUT2D eigenvalue weighted by Gasteiger charge is 2.35. The summed E-state index contributed by atoms with van der Waals surface area (Å²) >= 11 is 4.43. The SMILES string of the molecule is CC(C)(O)C(C)(C)OBc1cc(S)ccc1NCc1ccccc1. The molecule has 0 aromatic heterocycles. The van der Waals surface area contributed by atoms with E-state index in [-0.39, 0.29) is 0 Å². The van der Waals surface area contributed by atoms with Crippen LogP contribution in [0.5, 0.6) is 0 Å². The third-order valence-electron chi connectivity index (χ3n) is 4.48. The maximum Gasteiger partial charge on any atom is 0.311 e. The Morgan fingerprint density at radius 3 is 2.38 bits per heavy atom. The summed E-state index contributed by atoms with van der Waals surface area (Å²) in [6.45, 7) is 8.06. The van der Waals surface area contributed by atoms with Crippen molar-refractivity contribution in [3.05, 3.63) is 54.1 Å². The maximum atomic E-state index is 10.2. The molecule has 0 unspecified atom stereocenters. The van der Waals surface area contributed by atoms with Gasteiger partial charge in [0.25, 0.3) is 0 Å². The largest absolute Gasteiger partial charge is 0.427 e. The van der Waals surface area contributed by atoms with Crippen molar-refractivity contribution in [2.75, 3.05) is 5.32 Å². The Labute approximate surface area is 151 Å². The zero-order chi connectivity index (χ0) is 17.8. The number of nitrogens with one attached hydrogen (secondary N) is 1. The summed E-state index contributed by atoms with van der Waals surface area (Å²) in [5.41, 5.74) is 1.68. The molecule has 3 nitrogen and oxygen atoms in total. The lowest BCUT2D eigenvalue weighted by Gasteiger charge is -2.37. The van der Waals surface area contributed by atoms with E-state index in [2.05, 4.69) is 30.1 Å². The highest BCUT2D eigenvalue weighted by molar-refractivity contribution is 7.80. The van der Waals surface area contributed by atoms with Gasteiger partial charge in [-0.15, -0.1) is 12.6 Å². The molecule has 2 aromatic rings. The molecular weight excluding hydrogens is 317 g/mol. The predicted molar refractivity (Wildman–Crippen MR) is 106 cm³/mol. The second kappa shape index (κ2) is 7.64. The zero-order valence-electron chi connectivity index (χ0n) is 14.8. The van der Waals surface area contributed by atoms with Crippen molar-refractivity contribution in [3.8, 4) is 0 Å². The van der Waals surface area contributed by atoms with Crippen LogP contribution in [0.2, 0.25) is 0 Å². The Morgan fingerprint density at radius 1 is 1.08 bits per heavy atom. The van der Waals surface area contributed by atoms with Crippen LogP contribution in [-0.2, 0) is 11.2 Å². The fraction of sp³-hybridized carbons (Fsp3) is 0.368. The molecule has 24 heavy (non-hydrogen) atoms. The van der Waals surface area contributed by atoms with Crippen molar-refractivity contribution >= 4 is 31.3 Å². The summed E-state index contributed by atoms with van der Waals surface area (Å²) in [5, 5.41) is 13.7. The van der Waals surface area contributed by atoms with Gasteiger partial charge >= 0.3 is 7.48 Å². The minimum Gasteiger partial charge on any atom is -0.427 e. The summed E-state index contributed by atoms with van der Waals surface area (Å²) in [4.78, 5) is 0.889. The van der Waals surface area contributed by atoms with Crippen LogP contribution in [0.1, 0.15) is 33.3 Å². The Hall–Kier alpha value is -1.43. The highest BCUT2D eigenvalue weighted by atomic mass is 32.1. The van der Waals surface area contributed by atoms with Crippen molar-refractivity contribution in [3.63, 3.8) is 0 Å². The number of aliphatic hydroxyl groups is 1. The molecule has 5 heteroatoms. The van der Waals surface area contributed by atoms with E-state index in [0.717, 1.165) is 22.6 Å². The number of benzene rings is 2. The summed E-state index contributed by atoms with van der Waals surface area (Å²) in [6.07, 6.45) is 0. The fourth-order valence-corrected chi connectivity index (χ4v) is 2.33. The first kappa shape index (κ1) is 18.9. The molecular formula is C19H26BNO2S.